The molecule has 1 fully saturated rings. The number of nitrogens with one attached hydrogen (secondary N) is 1. The van der Waals surface area contributed by atoms with Crippen molar-refractivity contribution in [2.24, 2.45) is 4.99 Å². The number of hydrogen-bond acceptors (Lipinski definition) is 4. The molecule has 0 bridgehead atoms. The van der Waals surface area contributed by atoms with Crippen LogP contribution in [0.4, 0.5) is 10.1 Å². The van der Waals surface area contributed by atoms with Gasteiger partial charge >= 0.3 is 0 Å². The number of halogens is 1. The van der Waals surface area contributed by atoms with E-state index in [1.165, 1.54) is 48.1 Å². The van der Waals surface area contributed by atoms with E-state index in [0.29, 0.717) is 10.9 Å². The van der Waals surface area contributed by atoms with E-state index in [1.54, 1.807) is 18.2 Å². The van der Waals surface area contributed by atoms with E-state index in [9.17, 15) is 14.0 Å². The number of rotatable bonds is 5. The molecule has 2 amide bonds. The largest absolute Gasteiger partial charge is 0.353 e. The molecule has 4 rings (SSSR count). The number of anilines is 1. The van der Waals surface area contributed by atoms with E-state index in [4.69, 9.17) is 0 Å². The number of carbonyl (C=O) groups is 2. The fourth-order valence-corrected chi connectivity index (χ4v) is 4.94. The average molecular weight is 466 g/mol. The Kier molecular flexibility index (Phi) is 7.94. The summed E-state index contributed by atoms with van der Waals surface area (Å²) in [6.45, 7) is 0. The third kappa shape index (κ3) is 6.32. The van der Waals surface area contributed by atoms with Crippen molar-refractivity contribution in [1.82, 2.24) is 5.32 Å². The van der Waals surface area contributed by atoms with Crippen LogP contribution in [0.15, 0.2) is 65.3 Å². The van der Waals surface area contributed by atoms with Gasteiger partial charge in [0.25, 0.3) is 5.91 Å². The first kappa shape index (κ1) is 23.2. The quantitative estimate of drug-likeness (QED) is 0.591. The second kappa shape index (κ2) is 11.3. The lowest BCUT2D eigenvalue weighted by molar-refractivity contribution is -0.119. The summed E-state index contributed by atoms with van der Waals surface area (Å²) >= 11 is 1.22. The Labute approximate surface area is 198 Å². The highest BCUT2D eigenvalue weighted by Gasteiger charge is 2.32. The van der Waals surface area contributed by atoms with Crippen molar-refractivity contribution in [3.8, 4) is 0 Å². The van der Waals surface area contributed by atoms with E-state index in [1.807, 2.05) is 30.3 Å². The molecule has 1 aliphatic carbocycles. The number of aliphatic imine (C=N–C) groups is 1. The van der Waals surface area contributed by atoms with Crippen LogP contribution in [0.25, 0.3) is 6.08 Å². The Morgan fingerprint density at radius 1 is 1.03 bits per heavy atom. The third-order valence-electron chi connectivity index (χ3n) is 5.82. The van der Waals surface area contributed by atoms with Gasteiger partial charge in [-0.3, -0.25) is 14.5 Å². The minimum Gasteiger partial charge on any atom is -0.353 e. The number of nitrogens with zero attached hydrogens (tertiary/aromatic N) is 2. The number of benzene rings is 2. The summed E-state index contributed by atoms with van der Waals surface area (Å²) in [6.07, 6.45) is 9.77. The summed E-state index contributed by atoms with van der Waals surface area (Å²) < 4.78 is 13.5. The van der Waals surface area contributed by atoms with E-state index in [-0.39, 0.29) is 35.1 Å². The van der Waals surface area contributed by atoms with Crippen LogP contribution in [-0.2, 0) is 9.59 Å². The van der Waals surface area contributed by atoms with Crippen molar-refractivity contribution in [1.29, 1.82) is 0 Å². The van der Waals surface area contributed by atoms with Gasteiger partial charge in [0.1, 0.15) is 11.5 Å². The van der Waals surface area contributed by atoms with E-state index >= 15 is 0 Å². The van der Waals surface area contributed by atoms with Gasteiger partial charge in [-0.05, 0) is 48.7 Å². The van der Waals surface area contributed by atoms with Gasteiger partial charge in [-0.1, -0.05) is 74.2 Å². The summed E-state index contributed by atoms with van der Waals surface area (Å²) in [7, 11) is 0. The maximum Gasteiger partial charge on any atom is 0.283 e. The minimum atomic E-state index is -0.379. The van der Waals surface area contributed by atoms with Crippen molar-refractivity contribution >= 4 is 40.5 Å². The molecule has 172 valence electrons. The van der Waals surface area contributed by atoms with Crippen LogP contribution in [0.3, 0.4) is 0 Å². The smallest absolute Gasteiger partial charge is 0.283 e. The molecule has 0 aromatic heterocycles. The normalized spacial score (nSPS) is 18.7. The van der Waals surface area contributed by atoms with Crippen LogP contribution in [0.5, 0.6) is 0 Å². The topological polar surface area (TPSA) is 61.8 Å². The van der Waals surface area contributed by atoms with E-state index < -0.39 is 0 Å². The Hall–Kier alpha value is -2.93. The van der Waals surface area contributed by atoms with Crippen molar-refractivity contribution in [3.05, 3.63) is 71.7 Å². The van der Waals surface area contributed by atoms with Gasteiger partial charge in [-0.25, -0.2) is 9.38 Å². The Morgan fingerprint density at radius 2 is 1.70 bits per heavy atom. The van der Waals surface area contributed by atoms with Crippen LogP contribution in [0.2, 0.25) is 0 Å². The van der Waals surface area contributed by atoms with Gasteiger partial charge in [-0.15, -0.1) is 0 Å². The zero-order valence-corrected chi connectivity index (χ0v) is 19.3. The summed E-state index contributed by atoms with van der Waals surface area (Å²) in [5, 5.41) is 3.57. The number of hydrogen-bond donors (Lipinski definition) is 1. The molecule has 0 atom stereocenters. The molecule has 7 heteroatoms. The lowest BCUT2D eigenvalue weighted by atomic mass is 9.97. The van der Waals surface area contributed by atoms with E-state index in [2.05, 4.69) is 10.3 Å². The molecule has 0 radical (unpaired) electrons. The Balaban J connectivity index is 1.49. The molecule has 1 aliphatic heterocycles. The standard InChI is InChI=1S/C26H28FN3O2S/c27-20-13-15-22(16-14-20)30-25(32)23(17-19-9-5-4-6-10-19)29-26(30)33-18-24(31)28-21-11-7-2-1-3-8-12-21/h4-6,9-10,13-17,21H,1-3,7-8,11-12,18H2,(H,28,31). The van der Waals surface area contributed by atoms with E-state index in [0.717, 1.165) is 31.2 Å². The molecular formula is C26H28FN3O2S. The Morgan fingerprint density at radius 3 is 2.39 bits per heavy atom. The molecular weight excluding hydrogens is 437 g/mol. The van der Waals surface area contributed by atoms with Gasteiger partial charge in [0.15, 0.2) is 5.17 Å². The first-order valence-electron chi connectivity index (χ1n) is 11.5. The van der Waals surface area contributed by atoms with Gasteiger partial charge in [0, 0.05) is 6.04 Å². The molecule has 0 saturated heterocycles. The number of thioether (sulfide) groups is 1. The summed E-state index contributed by atoms with van der Waals surface area (Å²) in [4.78, 5) is 31.8. The molecule has 1 saturated carbocycles. The zero-order valence-electron chi connectivity index (χ0n) is 18.5. The number of carbonyl (C=O) groups excluding carboxylic acids is 2. The van der Waals surface area contributed by atoms with Crippen molar-refractivity contribution in [2.45, 2.75) is 51.0 Å². The number of amides is 2. The summed E-state index contributed by atoms with van der Waals surface area (Å²) in [6, 6.07) is 15.4. The molecule has 2 aromatic carbocycles. The zero-order chi connectivity index (χ0) is 23.0. The first-order chi connectivity index (χ1) is 16.1. The minimum absolute atomic E-state index is 0.0553. The summed E-state index contributed by atoms with van der Waals surface area (Å²) in [5.74, 6) is -0.567. The second-order valence-corrected chi connectivity index (χ2v) is 9.29. The molecule has 33 heavy (non-hydrogen) atoms. The van der Waals surface area contributed by atoms with Gasteiger partial charge in [0.2, 0.25) is 5.91 Å². The second-order valence-electron chi connectivity index (χ2n) is 8.35. The highest BCUT2D eigenvalue weighted by atomic mass is 32.2. The van der Waals surface area contributed by atoms with Crippen molar-refractivity contribution in [2.75, 3.05) is 10.7 Å². The fraction of sp³-hybridized carbons (Fsp3) is 0.346. The molecule has 1 N–H and O–H groups in total. The van der Waals surface area contributed by atoms with Crippen LogP contribution >= 0.6 is 11.8 Å². The first-order valence-corrected chi connectivity index (χ1v) is 12.5. The average Bonchev–Trinajstić information content (AvgIpc) is 3.10. The van der Waals surface area contributed by atoms with Crippen LogP contribution < -0.4 is 10.2 Å². The van der Waals surface area contributed by atoms with Crippen molar-refractivity contribution in [3.63, 3.8) is 0 Å². The predicted molar refractivity (Wildman–Crippen MR) is 132 cm³/mol. The SMILES string of the molecule is O=C(CSC1=NC(=Cc2ccccc2)C(=O)N1c1ccc(F)cc1)NC1CCCCCCC1. The highest BCUT2D eigenvalue weighted by molar-refractivity contribution is 8.14. The van der Waals surface area contributed by atoms with Gasteiger partial charge in [0.05, 0.1) is 11.4 Å². The van der Waals surface area contributed by atoms with Gasteiger partial charge < -0.3 is 5.32 Å². The monoisotopic (exact) mass is 465 g/mol. The molecule has 2 aliphatic rings. The van der Waals surface area contributed by atoms with Gasteiger partial charge in [-0.2, -0.15) is 0 Å². The maximum atomic E-state index is 13.5. The molecule has 2 aromatic rings. The molecule has 5 nitrogen and oxygen atoms in total. The number of amidine groups is 1. The van der Waals surface area contributed by atoms with Crippen molar-refractivity contribution < 1.29 is 14.0 Å². The fourth-order valence-electron chi connectivity index (χ4n) is 4.12. The molecule has 0 spiro atoms. The lowest BCUT2D eigenvalue weighted by Gasteiger charge is -2.21. The molecule has 0 unspecified atom stereocenters. The maximum absolute atomic E-state index is 13.5. The van der Waals surface area contributed by atoms with Crippen LogP contribution in [0.1, 0.15) is 50.5 Å². The highest BCUT2D eigenvalue weighted by Crippen LogP contribution is 2.29. The third-order valence-corrected chi connectivity index (χ3v) is 6.76. The Bertz CT molecular complexity index is 1030. The predicted octanol–water partition coefficient (Wildman–Crippen LogP) is 5.53. The van der Waals surface area contributed by atoms with Crippen LogP contribution in [-0.4, -0.2) is 28.8 Å². The summed E-state index contributed by atoms with van der Waals surface area (Å²) in [5.41, 5.74) is 1.66. The van der Waals surface area contributed by atoms with Crippen LogP contribution in [0, 0.1) is 5.82 Å². The lowest BCUT2D eigenvalue weighted by Crippen LogP contribution is -2.37. The molecule has 1 heterocycles.